The Labute approximate surface area is 184 Å². The molecule has 0 radical (unpaired) electrons. The summed E-state index contributed by atoms with van der Waals surface area (Å²) in [6, 6.07) is 23.7. The van der Waals surface area contributed by atoms with Crippen molar-refractivity contribution in [2.45, 2.75) is 6.54 Å². The largest absolute Gasteiger partial charge is 0.364 e. The number of hydrogen-bond donors (Lipinski definition) is 1. The molecule has 0 saturated carbocycles. The van der Waals surface area contributed by atoms with E-state index in [0.29, 0.717) is 17.4 Å². The van der Waals surface area contributed by atoms with Crippen LogP contribution in [0, 0.1) is 0 Å². The van der Waals surface area contributed by atoms with Crippen molar-refractivity contribution in [3.63, 3.8) is 0 Å². The maximum atomic E-state index is 6.20. The molecule has 5 nitrogen and oxygen atoms in total. The van der Waals surface area contributed by atoms with Crippen LogP contribution in [-0.2, 0) is 6.54 Å². The van der Waals surface area contributed by atoms with Crippen LogP contribution in [0.5, 0.6) is 0 Å². The molecule has 0 unspecified atom stereocenters. The van der Waals surface area contributed by atoms with E-state index in [2.05, 4.69) is 27.4 Å². The molecule has 0 fully saturated rings. The molecule has 0 aliphatic carbocycles. The summed E-state index contributed by atoms with van der Waals surface area (Å²) in [7, 11) is 0. The van der Waals surface area contributed by atoms with E-state index < -0.39 is 0 Å². The second kappa shape index (κ2) is 8.50. The van der Waals surface area contributed by atoms with Crippen molar-refractivity contribution < 1.29 is 0 Å². The first-order valence-corrected chi connectivity index (χ1v) is 10.3. The Hall–Kier alpha value is -3.83. The summed E-state index contributed by atoms with van der Waals surface area (Å²) in [4.78, 5) is 18.2. The minimum atomic E-state index is 0.556. The first-order chi connectivity index (χ1) is 15.3. The van der Waals surface area contributed by atoms with Crippen LogP contribution in [0.4, 0.5) is 5.82 Å². The number of nitrogens with one attached hydrogen (secondary N) is 1. The van der Waals surface area contributed by atoms with E-state index in [1.165, 1.54) is 0 Å². The van der Waals surface area contributed by atoms with E-state index in [1.54, 1.807) is 18.6 Å². The lowest BCUT2D eigenvalue weighted by Crippen LogP contribution is -2.05. The fourth-order valence-electron chi connectivity index (χ4n) is 3.41. The number of aromatic nitrogens is 4. The second-order valence-electron chi connectivity index (χ2n) is 7.05. The molecule has 5 aromatic rings. The number of anilines is 1. The standard InChI is InChI=1S/C25H18ClN5/c26-20-7-3-5-17(13-20)18-9-10-23-22(14-18)25(29-16-21-8-1-2-12-28-21)31-24(30-23)19-6-4-11-27-15-19/h1-15H,16H2,(H,29,30,31). The zero-order chi connectivity index (χ0) is 21.0. The van der Waals surface area contributed by atoms with Crippen LogP contribution >= 0.6 is 11.6 Å². The Morgan fingerprint density at radius 2 is 1.68 bits per heavy atom. The lowest BCUT2D eigenvalue weighted by Gasteiger charge is -2.12. The fourth-order valence-corrected chi connectivity index (χ4v) is 3.60. The van der Waals surface area contributed by atoms with Gasteiger partial charge in [0.05, 0.1) is 17.8 Å². The third-order valence-electron chi connectivity index (χ3n) is 4.94. The molecular weight excluding hydrogens is 406 g/mol. The summed E-state index contributed by atoms with van der Waals surface area (Å²) in [6.45, 7) is 0.556. The van der Waals surface area contributed by atoms with Gasteiger partial charge in [0, 0.05) is 34.6 Å². The molecule has 1 N–H and O–H groups in total. The van der Waals surface area contributed by atoms with Gasteiger partial charge in [-0.3, -0.25) is 9.97 Å². The van der Waals surface area contributed by atoms with Crippen LogP contribution in [0.25, 0.3) is 33.4 Å². The molecule has 150 valence electrons. The lowest BCUT2D eigenvalue weighted by molar-refractivity contribution is 1.03. The zero-order valence-corrected chi connectivity index (χ0v) is 17.3. The molecule has 0 amide bonds. The highest BCUT2D eigenvalue weighted by molar-refractivity contribution is 6.30. The van der Waals surface area contributed by atoms with Gasteiger partial charge in [0.1, 0.15) is 5.82 Å². The summed E-state index contributed by atoms with van der Waals surface area (Å²) < 4.78 is 0. The van der Waals surface area contributed by atoms with Crippen molar-refractivity contribution in [3.8, 4) is 22.5 Å². The van der Waals surface area contributed by atoms with E-state index in [9.17, 15) is 0 Å². The Morgan fingerprint density at radius 1 is 0.774 bits per heavy atom. The van der Waals surface area contributed by atoms with Gasteiger partial charge in [-0.1, -0.05) is 35.9 Å². The van der Waals surface area contributed by atoms with Gasteiger partial charge < -0.3 is 5.32 Å². The van der Waals surface area contributed by atoms with Crippen LogP contribution in [0.3, 0.4) is 0 Å². The van der Waals surface area contributed by atoms with Gasteiger partial charge in [0.2, 0.25) is 0 Å². The summed E-state index contributed by atoms with van der Waals surface area (Å²) in [5.74, 6) is 1.37. The minimum Gasteiger partial charge on any atom is -0.364 e. The molecule has 31 heavy (non-hydrogen) atoms. The predicted octanol–water partition coefficient (Wildman–Crippen LogP) is 6.02. The molecule has 0 aliphatic rings. The molecule has 3 heterocycles. The smallest absolute Gasteiger partial charge is 0.163 e. The number of halogens is 1. The molecule has 5 rings (SSSR count). The maximum Gasteiger partial charge on any atom is 0.163 e. The molecule has 0 atom stereocenters. The van der Waals surface area contributed by atoms with Gasteiger partial charge >= 0.3 is 0 Å². The minimum absolute atomic E-state index is 0.556. The lowest BCUT2D eigenvalue weighted by atomic mass is 10.0. The Bertz CT molecular complexity index is 1340. The SMILES string of the molecule is Clc1cccc(-c2ccc3nc(-c4cccnc4)nc(NCc4ccccn4)c3c2)c1. The molecular formula is C25H18ClN5. The Balaban J connectivity index is 1.62. The van der Waals surface area contributed by atoms with Crippen LogP contribution < -0.4 is 5.32 Å². The number of pyridine rings is 2. The number of nitrogens with zero attached hydrogens (tertiary/aromatic N) is 4. The normalized spacial score (nSPS) is 10.9. The Kier molecular flexibility index (Phi) is 5.25. The third kappa shape index (κ3) is 4.22. The van der Waals surface area contributed by atoms with Crippen molar-refractivity contribution in [2.75, 3.05) is 5.32 Å². The molecule has 0 spiro atoms. The molecule has 0 bridgehead atoms. The number of fused-ring (bicyclic) bond motifs is 1. The number of hydrogen-bond acceptors (Lipinski definition) is 5. The molecule has 3 aromatic heterocycles. The maximum absolute atomic E-state index is 6.20. The molecule has 2 aromatic carbocycles. The molecule has 0 saturated heterocycles. The van der Waals surface area contributed by atoms with Crippen molar-refractivity contribution >= 4 is 28.3 Å². The van der Waals surface area contributed by atoms with E-state index in [4.69, 9.17) is 21.6 Å². The summed E-state index contributed by atoms with van der Waals surface area (Å²) in [6.07, 6.45) is 5.29. The van der Waals surface area contributed by atoms with Gasteiger partial charge in [-0.15, -0.1) is 0 Å². The van der Waals surface area contributed by atoms with Gasteiger partial charge in [0.25, 0.3) is 0 Å². The van der Waals surface area contributed by atoms with Crippen LogP contribution in [0.2, 0.25) is 5.02 Å². The van der Waals surface area contributed by atoms with E-state index >= 15 is 0 Å². The average Bonchev–Trinajstić information content (AvgIpc) is 2.83. The molecule has 6 heteroatoms. The number of benzene rings is 2. The van der Waals surface area contributed by atoms with Crippen LogP contribution in [0.15, 0.2) is 91.4 Å². The topological polar surface area (TPSA) is 63.6 Å². The monoisotopic (exact) mass is 423 g/mol. The summed E-state index contributed by atoms with van der Waals surface area (Å²) >= 11 is 6.20. The number of rotatable bonds is 5. The van der Waals surface area contributed by atoms with Gasteiger partial charge in [-0.05, 0) is 59.7 Å². The van der Waals surface area contributed by atoms with Crippen LogP contribution in [0.1, 0.15) is 5.69 Å². The first kappa shape index (κ1) is 19.2. The van der Waals surface area contributed by atoms with Gasteiger partial charge in [0.15, 0.2) is 5.82 Å². The highest BCUT2D eigenvalue weighted by Crippen LogP contribution is 2.30. The van der Waals surface area contributed by atoms with Crippen molar-refractivity contribution in [2.24, 2.45) is 0 Å². The first-order valence-electron chi connectivity index (χ1n) is 9.88. The predicted molar refractivity (Wildman–Crippen MR) is 125 cm³/mol. The van der Waals surface area contributed by atoms with Gasteiger partial charge in [-0.25, -0.2) is 9.97 Å². The highest BCUT2D eigenvalue weighted by atomic mass is 35.5. The van der Waals surface area contributed by atoms with Crippen molar-refractivity contribution in [1.29, 1.82) is 0 Å². The van der Waals surface area contributed by atoms with Crippen molar-refractivity contribution in [1.82, 2.24) is 19.9 Å². The summed E-state index contributed by atoms with van der Waals surface area (Å²) in [5.41, 5.74) is 4.74. The average molecular weight is 424 g/mol. The third-order valence-corrected chi connectivity index (χ3v) is 5.17. The molecule has 0 aliphatic heterocycles. The quantitative estimate of drug-likeness (QED) is 0.374. The van der Waals surface area contributed by atoms with Crippen molar-refractivity contribution in [3.05, 3.63) is 102 Å². The van der Waals surface area contributed by atoms with E-state index in [1.807, 2.05) is 60.7 Å². The fraction of sp³-hybridized carbons (Fsp3) is 0.0400. The zero-order valence-electron chi connectivity index (χ0n) is 16.5. The van der Waals surface area contributed by atoms with E-state index in [-0.39, 0.29) is 0 Å². The highest BCUT2D eigenvalue weighted by Gasteiger charge is 2.12. The second-order valence-corrected chi connectivity index (χ2v) is 7.49. The van der Waals surface area contributed by atoms with Crippen LogP contribution in [-0.4, -0.2) is 19.9 Å². The van der Waals surface area contributed by atoms with E-state index in [0.717, 1.165) is 39.1 Å². The summed E-state index contributed by atoms with van der Waals surface area (Å²) in [5, 5.41) is 5.08. The van der Waals surface area contributed by atoms with Gasteiger partial charge in [-0.2, -0.15) is 0 Å². The Morgan fingerprint density at radius 3 is 2.48 bits per heavy atom.